The van der Waals surface area contributed by atoms with Gasteiger partial charge >= 0.3 is 0 Å². The fraction of sp³-hybridized carbons (Fsp3) is 0.765. The molecular weight excluding hydrogens is 232 g/mol. The van der Waals surface area contributed by atoms with Crippen LogP contribution >= 0.6 is 0 Å². The minimum atomic E-state index is -1.43. The Balaban J connectivity index is 3.40. The Labute approximate surface area is 116 Å². The topological polar surface area (TPSA) is 0 Å². The van der Waals surface area contributed by atoms with E-state index in [1.54, 1.807) is 0 Å². The van der Waals surface area contributed by atoms with Gasteiger partial charge in [-0.1, -0.05) is 77.6 Å². The van der Waals surface area contributed by atoms with Crippen molar-refractivity contribution in [2.45, 2.75) is 82.0 Å². The molecular formula is C17H32Si. The second kappa shape index (κ2) is 5.77. The van der Waals surface area contributed by atoms with Crippen LogP contribution in [0.1, 0.15) is 59.8 Å². The summed E-state index contributed by atoms with van der Waals surface area (Å²) in [6, 6.07) is 2.85. The molecule has 1 fully saturated rings. The molecule has 0 aromatic carbocycles. The van der Waals surface area contributed by atoms with Crippen LogP contribution in [0.2, 0.25) is 22.2 Å². The summed E-state index contributed by atoms with van der Waals surface area (Å²) in [5.74, 6) is 0. The van der Waals surface area contributed by atoms with E-state index in [0.717, 1.165) is 0 Å². The molecule has 1 aliphatic heterocycles. The molecule has 1 saturated heterocycles. The summed E-state index contributed by atoms with van der Waals surface area (Å²) in [6.07, 6.45) is 11.4. The first-order valence-corrected chi connectivity index (χ1v) is 10.2. The molecule has 0 bridgehead atoms. The zero-order valence-corrected chi connectivity index (χ0v) is 14.0. The van der Waals surface area contributed by atoms with Crippen molar-refractivity contribution >= 4 is 8.07 Å². The summed E-state index contributed by atoms with van der Waals surface area (Å²) in [5, 5.41) is 0.811. The third-order valence-corrected chi connectivity index (χ3v) is 14.2. The Morgan fingerprint density at radius 3 is 2.06 bits per heavy atom. The molecule has 1 atom stereocenters. The lowest BCUT2D eigenvalue weighted by atomic mass is 9.94. The summed E-state index contributed by atoms with van der Waals surface area (Å²) in [5.41, 5.74) is 0. The van der Waals surface area contributed by atoms with Gasteiger partial charge in [0, 0.05) is 0 Å². The number of allylic oxidation sites excluding steroid dienone is 2. The van der Waals surface area contributed by atoms with Crippen molar-refractivity contribution in [3.8, 4) is 0 Å². The van der Waals surface area contributed by atoms with Crippen LogP contribution in [0.15, 0.2) is 25.3 Å². The first-order chi connectivity index (χ1) is 8.51. The van der Waals surface area contributed by atoms with E-state index in [9.17, 15) is 0 Å². The van der Waals surface area contributed by atoms with Crippen LogP contribution in [-0.2, 0) is 0 Å². The Morgan fingerprint density at radius 2 is 1.67 bits per heavy atom. The van der Waals surface area contributed by atoms with Crippen molar-refractivity contribution in [3.05, 3.63) is 25.3 Å². The lowest BCUT2D eigenvalue weighted by Gasteiger charge is -2.59. The molecule has 1 aliphatic rings. The number of rotatable bonds is 6. The van der Waals surface area contributed by atoms with Gasteiger partial charge in [-0.2, -0.15) is 0 Å². The summed E-state index contributed by atoms with van der Waals surface area (Å²) in [6.45, 7) is 18.0. The van der Waals surface area contributed by atoms with Gasteiger partial charge in [-0.05, 0) is 16.5 Å². The molecule has 0 radical (unpaired) electrons. The molecule has 18 heavy (non-hydrogen) atoms. The van der Waals surface area contributed by atoms with Crippen LogP contribution in [0.25, 0.3) is 0 Å². The van der Waals surface area contributed by atoms with Gasteiger partial charge in [0.1, 0.15) is 0 Å². The van der Waals surface area contributed by atoms with Crippen molar-refractivity contribution in [1.82, 2.24) is 0 Å². The zero-order chi connectivity index (χ0) is 13.9. The van der Waals surface area contributed by atoms with Crippen LogP contribution < -0.4 is 0 Å². The molecule has 1 unspecified atom stereocenters. The lowest BCUT2D eigenvalue weighted by molar-refractivity contribution is 0.398. The molecule has 1 heterocycles. The first kappa shape index (κ1) is 15.8. The van der Waals surface area contributed by atoms with Gasteiger partial charge in [0.25, 0.3) is 0 Å². The van der Waals surface area contributed by atoms with Crippen LogP contribution in [0.4, 0.5) is 0 Å². The summed E-state index contributed by atoms with van der Waals surface area (Å²) in [7, 11) is -1.43. The van der Waals surface area contributed by atoms with Crippen LogP contribution in [0, 0.1) is 0 Å². The smallest absolute Gasteiger partial charge is 0.0742 e. The maximum absolute atomic E-state index is 4.17. The van der Waals surface area contributed by atoms with Crippen molar-refractivity contribution in [2.24, 2.45) is 0 Å². The fourth-order valence-electron chi connectivity index (χ4n) is 4.92. The molecule has 1 heteroatoms. The highest BCUT2D eigenvalue weighted by atomic mass is 28.3. The second-order valence-corrected chi connectivity index (χ2v) is 11.8. The van der Waals surface area contributed by atoms with Gasteiger partial charge < -0.3 is 0 Å². The van der Waals surface area contributed by atoms with Gasteiger partial charge in [0.2, 0.25) is 0 Å². The average Bonchev–Trinajstić information content (AvgIpc) is 2.45. The van der Waals surface area contributed by atoms with E-state index in [1.807, 2.05) is 0 Å². The Bertz CT molecular complexity index is 293. The van der Waals surface area contributed by atoms with E-state index in [1.165, 1.54) is 44.2 Å². The van der Waals surface area contributed by atoms with Crippen molar-refractivity contribution in [3.63, 3.8) is 0 Å². The molecule has 0 aromatic rings. The molecule has 0 spiro atoms. The van der Waals surface area contributed by atoms with E-state index < -0.39 is 8.07 Å². The van der Waals surface area contributed by atoms with Gasteiger partial charge in [0.05, 0.1) is 8.07 Å². The minimum absolute atomic E-state index is 0.203. The Hall–Kier alpha value is -0.303. The summed E-state index contributed by atoms with van der Waals surface area (Å²) >= 11 is 0. The van der Waals surface area contributed by atoms with Gasteiger partial charge in [-0.25, -0.2) is 0 Å². The standard InChI is InChI=1S/C17H32Si/c1-7-16(6,8-2)18(11-5)15-13-12-14-17(18,9-3)10-4/h7-8H,1-2,9-15H2,3-6H3. The predicted molar refractivity (Wildman–Crippen MR) is 86.9 cm³/mol. The third-order valence-electron chi connectivity index (χ3n) is 6.36. The average molecular weight is 265 g/mol. The summed E-state index contributed by atoms with van der Waals surface area (Å²) < 4.78 is 0. The zero-order valence-electron chi connectivity index (χ0n) is 13.0. The maximum Gasteiger partial charge on any atom is 0.0742 e. The van der Waals surface area contributed by atoms with Crippen LogP contribution in [-0.4, -0.2) is 8.07 Å². The van der Waals surface area contributed by atoms with Gasteiger partial charge in [0.15, 0.2) is 0 Å². The molecule has 0 nitrogen and oxygen atoms in total. The van der Waals surface area contributed by atoms with Crippen molar-refractivity contribution in [2.75, 3.05) is 0 Å². The molecule has 0 saturated carbocycles. The second-order valence-electron chi connectivity index (χ2n) is 6.32. The van der Waals surface area contributed by atoms with Crippen molar-refractivity contribution in [1.29, 1.82) is 0 Å². The largest absolute Gasteiger partial charge is 0.103 e. The van der Waals surface area contributed by atoms with E-state index in [2.05, 4.69) is 53.0 Å². The van der Waals surface area contributed by atoms with Gasteiger partial charge in [-0.3, -0.25) is 0 Å². The molecule has 0 aromatic heterocycles. The first-order valence-electron chi connectivity index (χ1n) is 7.78. The SMILES string of the molecule is C=CC(C)(C=C)[Si]1(CC)CCCCC1(CC)CC. The molecule has 0 N–H and O–H groups in total. The minimum Gasteiger partial charge on any atom is -0.103 e. The highest BCUT2D eigenvalue weighted by Crippen LogP contribution is 2.65. The van der Waals surface area contributed by atoms with E-state index in [4.69, 9.17) is 0 Å². The molecule has 0 amide bonds. The van der Waals surface area contributed by atoms with E-state index >= 15 is 0 Å². The maximum atomic E-state index is 4.17. The Kier molecular flexibility index (Phi) is 5.05. The highest BCUT2D eigenvalue weighted by Gasteiger charge is 2.58. The van der Waals surface area contributed by atoms with E-state index in [-0.39, 0.29) is 5.04 Å². The predicted octanol–water partition coefficient (Wildman–Crippen LogP) is 6.33. The molecule has 0 aliphatic carbocycles. The van der Waals surface area contributed by atoms with Gasteiger partial charge in [-0.15, -0.1) is 13.2 Å². The number of hydrogen-bond acceptors (Lipinski definition) is 0. The lowest BCUT2D eigenvalue weighted by Crippen LogP contribution is -2.56. The fourth-order valence-corrected chi connectivity index (χ4v) is 12.6. The highest BCUT2D eigenvalue weighted by molar-refractivity contribution is 6.86. The monoisotopic (exact) mass is 264 g/mol. The summed E-state index contributed by atoms with van der Waals surface area (Å²) in [4.78, 5) is 0. The molecule has 1 rings (SSSR count). The van der Waals surface area contributed by atoms with Crippen LogP contribution in [0.3, 0.4) is 0 Å². The normalized spacial score (nSPS) is 27.8. The quantitative estimate of drug-likeness (QED) is 0.388. The number of hydrogen-bond donors (Lipinski definition) is 0. The van der Waals surface area contributed by atoms with Crippen molar-refractivity contribution < 1.29 is 0 Å². The Morgan fingerprint density at radius 1 is 1.11 bits per heavy atom. The third kappa shape index (κ3) is 1.95. The van der Waals surface area contributed by atoms with E-state index in [0.29, 0.717) is 5.04 Å². The molecule has 104 valence electrons. The van der Waals surface area contributed by atoms with Crippen LogP contribution in [0.5, 0.6) is 0 Å².